The second-order valence-corrected chi connectivity index (χ2v) is 6.41. The van der Waals surface area contributed by atoms with E-state index in [0.29, 0.717) is 18.4 Å². The van der Waals surface area contributed by atoms with Crippen LogP contribution >= 0.6 is 0 Å². The number of likely N-dealkylation sites (N-methyl/N-ethyl adjacent to an activating group) is 1. The van der Waals surface area contributed by atoms with E-state index in [1.807, 2.05) is 0 Å². The summed E-state index contributed by atoms with van der Waals surface area (Å²) in [5.41, 5.74) is -2.14. The number of carbonyl (C=O) groups excluding carboxylic acids is 1. The highest BCUT2D eigenvalue weighted by atomic mass is 19.1. The van der Waals surface area contributed by atoms with Crippen LogP contribution in [-0.2, 0) is 4.74 Å². The molecule has 1 aromatic rings. The minimum absolute atomic E-state index is 0.0832. The number of ether oxygens (including phenoxy) is 1. The van der Waals surface area contributed by atoms with Crippen LogP contribution in [0.25, 0.3) is 0 Å². The highest BCUT2D eigenvalue weighted by molar-refractivity contribution is 6.03. The Hall–Kier alpha value is -1.99. The third-order valence-electron chi connectivity index (χ3n) is 5.06. The maximum atomic E-state index is 14.9. The summed E-state index contributed by atoms with van der Waals surface area (Å²) in [4.78, 5) is 25.2. The number of benzene rings is 1. The lowest BCUT2D eigenvalue weighted by molar-refractivity contribution is -0.124. The van der Waals surface area contributed by atoms with E-state index in [1.165, 1.54) is 11.9 Å². The van der Waals surface area contributed by atoms with E-state index >= 15 is 0 Å². The molecule has 0 radical (unpaired) electrons. The van der Waals surface area contributed by atoms with Crippen molar-refractivity contribution in [2.45, 2.75) is 36.8 Å². The molecule has 3 rings (SSSR count). The summed E-state index contributed by atoms with van der Waals surface area (Å²) in [6.07, 6.45) is -1.64. The summed E-state index contributed by atoms with van der Waals surface area (Å²) >= 11 is 0. The Labute approximate surface area is 139 Å². The molecular weight excluding hydrogens is 315 g/mol. The minimum Gasteiger partial charge on any atom is -0.465 e. The molecule has 1 aromatic carbocycles. The predicted molar refractivity (Wildman–Crippen MR) is 84.7 cm³/mol. The number of ketones is 1. The number of hydrogen-bond donors (Lipinski definition) is 2. The van der Waals surface area contributed by atoms with E-state index in [0.717, 1.165) is 0 Å². The first-order chi connectivity index (χ1) is 11.4. The molecule has 0 saturated carbocycles. The molecule has 2 saturated heterocycles. The van der Waals surface area contributed by atoms with Gasteiger partial charge in [0.2, 0.25) is 11.5 Å². The molecule has 0 aliphatic carbocycles. The van der Waals surface area contributed by atoms with Crippen molar-refractivity contribution in [3.05, 3.63) is 35.9 Å². The van der Waals surface area contributed by atoms with Gasteiger partial charge in [0.25, 0.3) is 0 Å². The van der Waals surface area contributed by atoms with Gasteiger partial charge in [-0.2, -0.15) is 0 Å². The van der Waals surface area contributed by atoms with Crippen molar-refractivity contribution < 1.29 is 23.8 Å². The number of piperidine rings is 1. The summed E-state index contributed by atoms with van der Waals surface area (Å²) in [5, 5.41) is 11.8. The lowest BCUT2D eigenvalue weighted by atomic mass is 9.87. The summed E-state index contributed by atoms with van der Waals surface area (Å²) in [6, 6.07) is 8.50. The van der Waals surface area contributed by atoms with Gasteiger partial charge in [0.15, 0.2) is 6.17 Å². The molecule has 2 unspecified atom stereocenters. The van der Waals surface area contributed by atoms with Crippen molar-refractivity contribution in [2.24, 2.45) is 0 Å². The summed E-state index contributed by atoms with van der Waals surface area (Å²) in [5.74, 6) is -0.435. The molecule has 7 heteroatoms. The number of carboxylic acid groups (broad SMARTS) is 1. The average Bonchev–Trinajstić information content (AvgIpc) is 2.88. The molecular formula is C17H21FN2O4. The molecule has 2 aliphatic heterocycles. The van der Waals surface area contributed by atoms with E-state index in [9.17, 15) is 14.0 Å². The average molecular weight is 336 g/mol. The molecule has 2 aliphatic rings. The fraction of sp³-hybridized carbons (Fsp3) is 0.529. The van der Waals surface area contributed by atoms with Gasteiger partial charge in [-0.1, -0.05) is 30.3 Å². The third kappa shape index (κ3) is 2.67. The first-order valence-corrected chi connectivity index (χ1v) is 8.03. The predicted octanol–water partition coefficient (Wildman–Crippen LogP) is 2.06. The van der Waals surface area contributed by atoms with Crippen LogP contribution < -0.4 is 5.32 Å². The van der Waals surface area contributed by atoms with Crippen LogP contribution in [0.4, 0.5) is 9.18 Å². The van der Waals surface area contributed by atoms with Gasteiger partial charge < -0.3 is 14.7 Å². The van der Waals surface area contributed by atoms with Crippen molar-refractivity contribution in [1.29, 1.82) is 0 Å². The number of rotatable bonds is 3. The SMILES string of the molecule is CNC1(C(=O)c2ccccc2)OC2(CCN(C(=O)O)CC2)CC1F. The fourth-order valence-electron chi connectivity index (χ4n) is 3.64. The van der Waals surface area contributed by atoms with Crippen molar-refractivity contribution in [2.75, 3.05) is 20.1 Å². The first kappa shape index (κ1) is 16.9. The van der Waals surface area contributed by atoms with Crippen LogP contribution in [0.3, 0.4) is 0 Å². The van der Waals surface area contributed by atoms with Gasteiger partial charge in [-0.3, -0.25) is 10.1 Å². The zero-order chi connectivity index (χ0) is 17.4. The third-order valence-corrected chi connectivity index (χ3v) is 5.06. The Kier molecular flexibility index (Phi) is 4.31. The number of alkyl halides is 1. The summed E-state index contributed by atoms with van der Waals surface area (Å²) in [7, 11) is 1.51. The second kappa shape index (κ2) is 6.14. The Balaban J connectivity index is 1.83. The molecule has 130 valence electrons. The van der Waals surface area contributed by atoms with E-state index < -0.39 is 29.4 Å². The molecule has 2 fully saturated rings. The number of carbonyl (C=O) groups is 2. The van der Waals surface area contributed by atoms with Crippen LogP contribution in [0.5, 0.6) is 0 Å². The topological polar surface area (TPSA) is 78.9 Å². The first-order valence-electron chi connectivity index (χ1n) is 8.03. The Morgan fingerprint density at radius 1 is 1.29 bits per heavy atom. The molecule has 0 bridgehead atoms. The summed E-state index contributed by atoms with van der Waals surface area (Å²) in [6.45, 7) is 0.558. The fourth-order valence-corrected chi connectivity index (χ4v) is 3.64. The van der Waals surface area contributed by atoms with Crippen molar-refractivity contribution in [3.63, 3.8) is 0 Å². The monoisotopic (exact) mass is 336 g/mol. The molecule has 2 heterocycles. The number of likely N-dealkylation sites (tertiary alicyclic amines) is 1. The quantitative estimate of drug-likeness (QED) is 0.826. The van der Waals surface area contributed by atoms with Crippen LogP contribution in [-0.4, -0.2) is 59.5 Å². The van der Waals surface area contributed by atoms with Gasteiger partial charge in [-0.05, 0) is 19.9 Å². The number of amides is 1. The van der Waals surface area contributed by atoms with E-state index in [2.05, 4.69) is 5.32 Å². The normalized spacial score (nSPS) is 28.9. The number of nitrogens with zero attached hydrogens (tertiary/aromatic N) is 1. The number of hydrogen-bond acceptors (Lipinski definition) is 4. The lowest BCUT2D eigenvalue weighted by Gasteiger charge is -2.39. The highest BCUT2D eigenvalue weighted by Gasteiger charge is 2.60. The van der Waals surface area contributed by atoms with Gasteiger partial charge in [-0.25, -0.2) is 9.18 Å². The number of Topliss-reactive ketones (excluding diaryl/α,β-unsaturated/α-hetero) is 1. The zero-order valence-electron chi connectivity index (χ0n) is 13.5. The van der Waals surface area contributed by atoms with Gasteiger partial charge >= 0.3 is 6.09 Å². The van der Waals surface area contributed by atoms with Crippen molar-refractivity contribution in [1.82, 2.24) is 10.2 Å². The van der Waals surface area contributed by atoms with Crippen LogP contribution in [0.15, 0.2) is 30.3 Å². The van der Waals surface area contributed by atoms with Gasteiger partial charge in [0.05, 0.1) is 5.60 Å². The molecule has 2 atom stereocenters. The Morgan fingerprint density at radius 2 is 1.92 bits per heavy atom. The van der Waals surface area contributed by atoms with E-state index in [1.54, 1.807) is 30.3 Å². The Morgan fingerprint density at radius 3 is 2.46 bits per heavy atom. The van der Waals surface area contributed by atoms with Crippen molar-refractivity contribution >= 4 is 11.9 Å². The van der Waals surface area contributed by atoms with E-state index in [4.69, 9.17) is 9.84 Å². The van der Waals surface area contributed by atoms with Crippen LogP contribution in [0.1, 0.15) is 29.6 Å². The lowest BCUT2D eigenvalue weighted by Crippen LogP contribution is -2.57. The molecule has 1 amide bonds. The van der Waals surface area contributed by atoms with Gasteiger partial charge in [0.1, 0.15) is 0 Å². The molecule has 2 N–H and O–H groups in total. The summed E-state index contributed by atoms with van der Waals surface area (Å²) < 4.78 is 21.0. The smallest absolute Gasteiger partial charge is 0.407 e. The number of halogens is 1. The maximum Gasteiger partial charge on any atom is 0.407 e. The van der Waals surface area contributed by atoms with Gasteiger partial charge in [0, 0.05) is 25.1 Å². The second-order valence-electron chi connectivity index (χ2n) is 6.41. The maximum absolute atomic E-state index is 14.9. The standard InChI is InChI=1S/C17H21FN2O4/c1-19-17(14(21)12-5-3-2-4-6-12)13(18)11-16(24-17)7-9-20(10-8-16)15(22)23/h2-6,13,19H,7-11H2,1H3,(H,22,23). The van der Waals surface area contributed by atoms with Crippen LogP contribution in [0, 0.1) is 0 Å². The van der Waals surface area contributed by atoms with E-state index in [-0.39, 0.29) is 19.5 Å². The molecule has 24 heavy (non-hydrogen) atoms. The molecule has 6 nitrogen and oxygen atoms in total. The van der Waals surface area contributed by atoms with Crippen molar-refractivity contribution in [3.8, 4) is 0 Å². The number of nitrogens with one attached hydrogen (secondary N) is 1. The Bertz CT molecular complexity index is 631. The van der Waals surface area contributed by atoms with Crippen LogP contribution in [0.2, 0.25) is 0 Å². The largest absolute Gasteiger partial charge is 0.465 e. The molecule has 0 aromatic heterocycles. The highest BCUT2D eigenvalue weighted by Crippen LogP contribution is 2.45. The molecule has 1 spiro atoms. The minimum atomic E-state index is -1.72. The zero-order valence-corrected chi connectivity index (χ0v) is 13.5. The van der Waals surface area contributed by atoms with Gasteiger partial charge in [-0.15, -0.1) is 0 Å².